The molecule has 1 saturated heterocycles. The van der Waals surface area contributed by atoms with Crippen molar-refractivity contribution in [2.24, 2.45) is 0 Å². The average Bonchev–Trinajstić information content (AvgIpc) is 3.49. The molecular weight excluding hydrogens is 401 g/mol. The van der Waals surface area contributed by atoms with E-state index in [0.717, 1.165) is 60.1 Å². The zero-order chi connectivity index (χ0) is 21.9. The van der Waals surface area contributed by atoms with Crippen LogP contribution in [0.15, 0.2) is 89.5 Å². The first kappa shape index (κ1) is 20.9. The zero-order valence-electron chi connectivity index (χ0n) is 18.0. The monoisotopic (exact) mass is 429 g/mol. The molecule has 4 aromatic rings. The SMILES string of the molecule is OC(c1ccccc1)C(CCN1CCC(c2cc(F)cc3ccoc23)C1)c1ccccc1. The summed E-state index contributed by atoms with van der Waals surface area (Å²) in [5, 5.41) is 12.0. The number of aliphatic hydroxyl groups excluding tert-OH is 1. The highest BCUT2D eigenvalue weighted by molar-refractivity contribution is 5.81. The van der Waals surface area contributed by atoms with Gasteiger partial charge in [0.2, 0.25) is 0 Å². The molecule has 0 saturated carbocycles. The maximum Gasteiger partial charge on any atom is 0.137 e. The number of hydrogen-bond donors (Lipinski definition) is 1. The molecule has 0 spiro atoms. The van der Waals surface area contributed by atoms with Crippen molar-refractivity contribution in [3.63, 3.8) is 0 Å². The van der Waals surface area contributed by atoms with E-state index in [1.165, 1.54) is 6.07 Å². The standard InChI is InChI=1S/C28H28FNO2/c29-24-17-22-13-16-32-28(22)26(18-24)23-11-14-30(19-23)15-12-25(20-7-3-1-4-8-20)27(31)21-9-5-2-6-10-21/h1-10,13,16-18,23,25,27,31H,11-12,14-15,19H2. The highest BCUT2D eigenvalue weighted by Crippen LogP contribution is 2.37. The van der Waals surface area contributed by atoms with E-state index in [-0.39, 0.29) is 17.7 Å². The van der Waals surface area contributed by atoms with Crippen LogP contribution in [0.4, 0.5) is 4.39 Å². The lowest BCUT2D eigenvalue weighted by atomic mass is 9.86. The fourth-order valence-corrected chi connectivity index (χ4v) is 5.08. The third kappa shape index (κ3) is 4.34. The van der Waals surface area contributed by atoms with Crippen LogP contribution in [-0.2, 0) is 0 Å². The highest BCUT2D eigenvalue weighted by atomic mass is 19.1. The fourth-order valence-electron chi connectivity index (χ4n) is 5.08. The van der Waals surface area contributed by atoms with Gasteiger partial charge in [0.1, 0.15) is 11.4 Å². The minimum absolute atomic E-state index is 0.0172. The Morgan fingerprint density at radius 1 is 0.969 bits per heavy atom. The molecule has 5 rings (SSSR count). The Kier molecular flexibility index (Phi) is 6.06. The Morgan fingerprint density at radius 2 is 1.69 bits per heavy atom. The lowest BCUT2D eigenvalue weighted by molar-refractivity contribution is 0.133. The van der Waals surface area contributed by atoms with E-state index < -0.39 is 6.10 Å². The number of furan rings is 1. The van der Waals surface area contributed by atoms with Crippen molar-refractivity contribution in [2.75, 3.05) is 19.6 Å². The number of nitrogens with zero attached hydrogens (tertiary/aromatic N) is 1. The molecule has 1 aromatic heterocycles. The molecule has 0 amide bonds. The molecule has 3 nitrogen and oxygen atoms in total. The van der Waals surface area contributed by atoms with Gasteiger partial charge in [0.15, 0.2) is 0 Å². The minimum atomic E-state index is -0.553. The smallest absolute Gasteiger partial charge is 0.137 e. The van der Waals surface area contributed by atoms with Gasteiger partial charge in [-0.05, 0) is 55.3 Å². The molecule has 2 heterocycles. The number of hydrogen-bond acceptors (Lipinski definition) is 3. The largest absolute Gasteiger partial charge is 0.464 e. The molecule has 164 valence electrons. The number of rotatable bonds is 7. The zero-order valence-corrected chi connectivity index (χ0v) is 18.0. The molecule has 0 bridgehead atoms. The molecule has 3 aromatic carbocycles. The Balaban J connectivity index is 1.30. The van der Waals surface area contributed by atoms with Gasteiger partial charge in [-0.25, -0.2) is 4.39 Å². The van der Waals surface area contributed by atoms with Crippen molar-refractivity contribution >= 4 is 11.0 Å². The van der Waals surface area contributed by atoms with Gasteiger partial charge in [0.25, 0.3) is 0 Å². The molecule has 1 N–H and O–H groups in total. The third-order valence-electron chi connectivity index (χ3n) is 6.76. The molecule has 3 atom stereocenters. The summed E-state index contributed by atoms with van der Waals surface area (Å²) in [6.07, 6.45) is 2.92. The van der Waals surface area contributed by atoms with Crippen LogP contribution >= 0.6 is 0 Å². The summed E-state index contributed by atoms with van der Waals surface area (Å²) in [5.41, 5.74) is 3.87. The van der Waals surface area contributed by atoms with Gasteiger partial charge in [0.05, 0.1) is 12.4 Å². The number of halogens is 1. The van der Waals surface area contributed by atoms with Crippen molar-refractivity contribution in [3.8, 4) is 0 Å². The Labute approximate surface area is 188 Å². The molecule has 1 aliphatic heterocycles. The normalized spacial score (nSPS) is 18.8. The van der Waals surface area contributed by atoms with Gasteiger partial charge < -0.3 is 14.4 Å². The van der Waals surface area contributed by atoms with Gasteiger partial charge in [-0.3, -0.25) is 0 Å². The van der Waals surface area contributed by atoms with Gasteiger partial charge >= 0.3 is 0 Å². The van der Waals surface area contributed by atoms with E-state index in [1.54, 1.807) is 12.3 Å². The fraction of sp³-hybridized carbons (Fsp3) is 0.286. The van der Waals surface area contributed by atoms with Crippen LogP contribution in [-0.4, -0.2) is 29.6 Å². The lowest BCUT2D eigenvalue weighted by Gasteiger charge is -2.26. The minimum Gasteiger partial charge on any atom is -0.464 e. The number of benzene rings is 3. The summed E-state index contributed by atoms with van der Waals surface area (Å²) < 4.78 is 19.8. The van der Waals surface area contributed by atoms with E-state index in [2.05, 4.69) is 17.0 Å². The number of aliphatic hydroxyl groups is 1. The molecule has 4 heteroatoms. The maximum absolute atomic E-state index is 14.1. The summed E-state index contributed by atoms with van der Waals surface area (Å²) in [4.78, 5) is 2.43. The summed E-state index contributed by atoms with van der Waals surface area (Å²) in [6.45, 7) is 2.73. The lowest BCUT2D eigenvalue weighted by Crippen LogP contribution is -2.25. The van der Waals surface area contributed by atoms with E-state index >= 15 is 0 Å². The predicted octanol–water partition coefficient (Wildman–Crippen LogP) is 6.27. The third-order valence-corrected chi connectivity index (χ3v) is 6.76. The van der Waals surface area contributed by atoms with Crippen LogP contribution in [0.5, 0.6) is 0 Å². The summed E-state index contributed by atoms with van der Waals surface area (Å²) >= 11 is 0. The Hall–Kier alpha value is -2.95. The van der Waals surface area contributed by atoms with Crippen LogP contribution in [0.2, 0.25) is 0 Å². The van der Waals surface area contributed by atoms with Crippen LogP contribution in [0.25, 0.3) is 11.0 Å². The second-order valence-corrected chi connectivity index (χ2v) is 8.78. The maximum atomic E-state index is 14.1. The van der Waals surface area contributed by atoms with Crippen molar-refractivity contribution in [1.82, 2.24) is 4.90 Å². The van der Waals surface area contributed by atoms with Crippen LogP contribution in [0, 0.1) is 5.82 Å². The first-order valence-corrected chi connectivity index (χ1v) is 11.4. The van der Waals surface area contributed by atoms with Gasteiger partial charge in [-0.2, -0.15) is 0 Å². The molecule has 3 unspecified atom stereocenters. The first-order valence-electron chi connectivity index (χ1n) is 11.4. The summed E-state index contributed by atoms with van der Waals surface area (Å²) in [5.74, 6) is 0.0691. The van der Waals surface area contributed by atoms with Crippen molar-refractivity contribution in [2.45, 2.75) is 30.8 Å². The van der Waals surface area contributed by atoms with Crippen LogP contribution in [0.1, 0.15) is 47.5 Å². The average molecular weight is 430 g/mol. The highest BCUT2D eigenvalue weighted by Gasteiger charge is 2.29. The summed E-state index contributed by atoms with van der Waals surface area (Å²) in [6, 6.07) is 25.2. The predicted molar refractivity (Wildman–Crippen MR) is 125 cm³/mol. The van der Waals surface area contributed by atoms with Gasteiger partial charge in [-0.1, -0.05) is 60.7 Å². The number of likely N-dealkylation sites (tertiary alicyclic amines) is 1. The number of fused-ring (bicyclic) bond motifs is 1. The molecular formula is C28H28FNO2. The van der Waals surface area contributed by atoms with Crippen molar-refractivity contribution in [1.29, 1.82) is 0 Å². The Morgan fingerprint density at radius 3 is 2.44 bits per heavy atom. The van der Waals surface area contributed by atoms with E-state index in [1.807, 2.05) is 54.6 Å². The summed E-state index contributed by atoms with van der Waals surface area (Å²) in [7, 11) is 0. The van der Waals surface area contributed by atoms with Crippen molar-refractivity contribution < 1.29 is 13.9 Å². The van der Waals surface area contributed by atoms with E-state index in [0.29, 0.717) is 0 Å². The molecule has 0 radical (unpaired) electrons. The first-order chi connectivity index (χ1) is 15.7. The molecule has 1 aliphatic rings. The second-order valence-electron chi connectivity index (χ2n) is 8.78. The topological polar surface area (TPSA) is 36.6 Å². The van der Waals surface area contributed by atoms with Crippen molar-refractivity contribution in [3.05, 3.63) is 108 Å². The van der Waals surface area contributed by atoms with E-state index in [9.17, 15) is 9.50 Å². The second kappa shape index (κ2) is 9.27. The molecule has 32 heavy (non-hydrogen) atoms. The molecule has 1 fully saturated rings. The molecule has 0 aliphatic carbocycles. The Bertz CT molecular complexity index is 1160. The van der Waals surface area contributed by atoms with Gasteiger partial charge in [-0.15, -0.1) is 0 Å². The van der Waals surface area contributed by atoms with Crippen LogP contribution < -0.4 is 0 Å². The quantitative estimate of drug-likeness (QED) is 0.376. The van der Waals surface area contributed by atoms with Gasteiger partial charge in [0, 0.05) is 29.3 Å². The van der Waals surface area contributed by atoms with Crippen LogP contribution in [0.3, 0.4) is 0 Å². The van der Waals surface area contributed by atoms with E-state index in [4.69, 9.17) is 4.42 Å².